The van der Waals surface area contributed by atoms with Crippen molar-refractivity contribution in [3.05, 3.63) is 35.9 Å². The third-order valence-corrected chi connectivity index (χ3v) is 2.95. The first kappa shape index (κ1) is 18.5. The van der Waals surface area contributed by atoms with Gasteiger partial charge in [-0.05, 0) is 30.2 Å². The van der Waals surface area contributed by atoms with Gasteiger partial charge >= 0.3 is 6.03 Å². The van der Waals surface area contributed by atoms with E-state index in [4.69, 9.17) is 15.7 Å². The first-order chi connectivity index (χ1) is 11.0. The molecule has 3 amide bonds. The van der Waals surface area contributed by atoms with Crippen molar-refractivity contribution in [2.24, 2.45) is 5.73 Å². The van der Waals surface area contributed by atoms with Gasteiger partial charge < -0.3 is 15.8 Å². The van der Waals surface area contributed by atoms with Crippen molar-refractivity contribution < 1.29 is 19.5 Å². The van der Waals surface area contributed by atoms with Crippen molar-refractivity contribution in [1.82, 2.24) is 10.4 Å². The number of ether oxygens (including phenoxy) is 1. The van der Waals surface area contributed by atoms with Crippen molar-refractivity contribution in [2.45, 2.75) is 19.8 Å². The molecule has 23 heavy (non-hydrogen) atoms. The topological polar surface area (TPSA) is 105 Å². The lowest BCUT2D eigenvalue weighted by molar-refractivity contribution is -0.116. The summed E-state index contributed by atoms with van der Waals surface area (Å²) >= 11 is 0. The molecule has 0 fully saturated rings. The zero-order valence-corrected chi connectivity index (χ0v) is 13.2. The van der Waals surface area contributed by atoms with E-state index in [1.807, 2.05) is 24.3 Å². The van der Waals surface area contributed by atoms with Crippen molar-refractivity contribution in [1.29, 1.82) is 0 Å². The maximum atomic E-state index is 11.6. The molecule has 126 valence electrons. The number of benzene rings is 1. The van der Waals surface area contributed by atoms with E-state index in [-0.39, 0.29) is 19.0 Å². The van der Waals surface area contributed by atoms with Crippen LogP contribution in [0.15, 0.2) is 30.3 Å². The Hall–Kier alpha value is -2.54. The van der Waals surface area contributed by atoms with Crippen LogP contribution in [0.4, 0.5) is 4.79 Å². The maximum absolute atomic E-state index is 11.6. The minimum Gasteiger partial charge on any atom is -0.494 e. The number of nitrogens with one attached hydrogen (secondary N) is 1. The molecule has 1 aromatic rings. The van der Waals surface area contributed by atoms with Gasteiger partial charge in [0.2, 0.25) is 5.91 Å². The lowest BCUT2D eigenvalue weighted by Crippen LogP contribution is -2.38. The molecule has 7 nitrogen and oxygen atoms in total. The van der Waals surface area contributed by atoms with E-state index in [1.54, 1.807) is 6.08 Å². The van der Waals surface area contributed by atoms with Gasteiger partial charge in [0.1, 0.15) is 5.75 Å². The largest absolute Gasteiger partial charge is 0.494 e. The zero-order chi connectivity index (χ0) is 17.1. The molecule has 0 heterocycles. The van der Waals surface area contributed by atoms with E-state index in [1.165, 1.54) is 6.08 Å². The first-order valence-electron chi connectivity index (χ1n) is 7.47. The van der Waals surface area contributed by atoms with Crippen LogP contribution < -0.4 is 15.8 Å². The summed E-state index contributed by atoms with van der Waals surface area (Å²) in [7, 11) is 0. The highest BCUT2D eigenvalue weighted by Crippen LogP contribution is 2.13. The van der Waals surface area contributed by atoms with Crippen LogP contribution in [0, 0.1) is 0 Å². The Kier molecular flexibility index (Phi) is 8.23. The Labute approximate surface area is 135 Å². The number of carbonyl (C=O) groups is 2. The Morgan fingerprint density at radius 3 is 2.65 bits per heavy atom. The molecule has 0 unspecified atom stereocenters. The van der Waals surface area contributed by atoms with Gasteiger partial charge in [0.15, 0.2) is 0 Å². The van der Waals surface area contributed by atoms with Crippen LogP contribution in [0.1, 0.15) is 25.3 Å². The van der Waals surface area contributed by atoms with E-state index in [0.29, 0.717) is 11.7 Å². The second-order valence-corrected chi connectivity index (χ2v) is 4.86. The molecule has 0 aliphatic heterocycles. The van der Waals surface area contributed by atoms with Crippen molar-refractivity contribution >= 4 is 18.0 Å². The number of primary amides is 1. The highest BCUT2D eigenvalue weighted by molar-refractivity contribution is 5.91. The average molecular weight is 321 g/mol. The number of hydroxylamine groups is 2. The zero-order valence-electron chi connectivity index (χ0n) is 13.2. The molecule has 0 aliphatic carbocycles. The van der Waals surface area contributed by atoms with E-state index in [9.17, 15) is 9.59 Å². The first-order valence-corrected chi connectivity index (χ1v) is 7.47. The van der Waals surface area contributed by atoms with Gasteiger partial charge in [-0.3, -0.25) is 10.0 Å². The minimum atomic E-state index is -0.962. The molecule has 0 spiro atoms. The molecular formula is C16H23N3O4. The quantitative estimate of drug-likeness (QED) is 0.279. The SMILES string of the molecule is CCCCOc1ccc(C=CC(=O)NCCN(O)C(N)=O)cc1. The fourth-order valence-corrected chi connectivity index (χ4v) is 1.64. The predicted molar refractivity (Wildman–Crippen MR) is 87.0 cm³/mol. The van der Waals surface area contributed by atoms with Gasteiger partial charge in [-0.15, -0.1) is 0 Å². The highest BCUT2D eigenvalue weighted by atomic mass is 16.5. The Morgan fingerprint density at radius 2 is 2.04 bits per heavy atom. The number of rotatable bonds is 9. The number of amides is 3. The van der Waals surface area contributed by atoms with Crippen LogP contribution in [0.2, 0.25) is 0 Å². The van der Waals surface area contributed by atoms with Crippen LogP contribution in [-0.4, -0.2) is 41.9 Å². The molecule has 4 N–H and O–H groups in total. The molecule has 0 aliphatic rings. The van der Waals surface area contributed by atoms with Gasteiger partial charge in [-0.2, -0.15) is 0 Å². The van der Waals surface area contributed by atoms with Crippen molar-refractivity contribution in [3.8, 4) is 5.75 Å². The smallest absolute Gasteiger partial charge is 0.338 e. The van der Waals surface area contributed by atoms with Crippen molar-refractivity contribution in [2.75, 3.05) is 19.7 Å². The third kappa shape index (κ3) is 7.87. The summed E-state index contributed by atoms with van der Waals surface area (Å²) in [6, 6.07) is 6.45. The molecule has 0 aromatic heterocycles. The number of hydrogen-bond donors (Lipinski definition) is 3. The normalized spacial score (nSPS) is 10.5. The number of nitrogens with two attached hydrogens (primary N) is 1. The molecule has 0 radical (unpaired) electrons. The Balaban J connectivity index is 2.35. The number of unbranched alkanes of at least 4 members (excludes halogenated alkanes) is 1. The summed E-state index contributed by atoms with van der Waals surface area (Å²) in [6.07, 6.45) is 5.14. The van der Waals surface area contributed by atoms with Crippen molar-refractivity contribution in [3.63, 3.8) is 0 Å². The predicted octanol–water partition coefficient (Wildman–Crippen LogP) is 1.76. The fourth-order valence-electron chi connectivity index (χ4n) is 1.64. The van der Waals surface area contributed by atoms with Crippen LogP contribution in [0.5, 0.6) is 5.75 Å². The standard InChI is InChI=1S/C16H23N3O4/c1-2-3-12-23-14-7-4-13(5-8-14)6-9-15(20)18-10-11-19(22)16(17)21/h4-9,22H,2-3,10-12H2,1H3,(H2,17,21)(H,18,20). The molecule has 0 bridgehead atoms. The van der Waals surface area contributed by atoms with Crippen LogP contribution in [0.3, 0.4) is 0 Å². The van der Waals surface area contributed by atoms with Gasteiger partial charge in [0.05, 0.1) is 13.2 Å². The van der Waals surface area contributed by atoms with Gasteiger partial charge in [0.25, 0.3) is 0 Å². The molecule has 0 saturated carbocycles. The summed E-state index contributed by atoms with van der Waals surface area (Å²) in [5, 5.41) is 11.9. The van der Waals surface area contributed by atoms with Crippen LogP contribution >= 0.6 is 0 Å². The van der Waals surface area contributed by atoms with E-state index in [0.717, 1.165) is 24.2 Å². The summed E-state index contributed by atoms with van der Waals surface area (Å²) < 4.78 is 5.55. The number of urea groups is 1. The lowest BCUT2D eigenvalue weighted by Gasteiger charge is -2.11. The van der Waals surface area contributed by atoms with Gasteiger partial charge in [-0.25, -0.2) is 9.86 Å². The van der Waals surface area contributed by atoms with Gasteiger partial charge in [0, 0.05) is 12.6 Å². The summed E-state index contributed by atoms with van der Waals surface area (Å²) in [6.45, 7) is 2.83. The van der Waals surface area contributed by atoms with E-state index >= 15 is 0 Å². The Bertz CT molecular complexity index is 529. The van der Waals surface area contributed by atoms with E-state index < -0.39 is 6.03 Å². The fraction of sp³-hybridized carbons (Fsp3) is 0.375. The monoisotopic (exact) mass is 321 g/mol. The Morgan fingerprint density at radius 1 is 1.35 bits per heavy atom. The van der Waals surface area contributed by atoms with Crippen LogP contribution in [-0.2, 0) is 4.79 Å². The molecular weight excluding hydrogens is 298 g/mol. The highest BCUT2D eigenvalue weighted by Gasteiger charge is 2.04. The number of carbonyl (C=O) groups excluding carboxylic acids is 2. The summed E-state index contributed by atoms with van der Waals surface area (Å²) in [5.74, 6) is 0.473. The molecule has 1 rings (SSSR count). The average Bonchev–Trinajstić information content (AvgIpc) is 2.54. The molecule has 7 heteroatoms. The number of nitrogens with zero attached hydrogens (tertiary/aromatic N) is 1. The molecule has 1 aromatic carbocycles. The molecule has 0 atom stereocenters. The minimum absolute atomic E-state index is 0.0707. The van der Waals surface area contributed by atoms with Gasteiger partial charge in [-0.1, -0.05) is 25.5 Å². The second kappa shape index (κ2) is 10.2. The summed E-state index contributed by atoms with van der Waals surface area (Å²) in [4.78, 5) is 22.1. The van der Waals surface area contributed by atoms with E-state index in [2.05, 4.69) is 12.2 Å². The maximum Gasteiger partial charge on any atom is 0.338 e. The number of hydrogen-bond acceptors (Lipinski definition) is 4. The molecule has 0 saturated heterocycles. The summed E-state index contributed by atoms with van der Waals surface area (Å²) in [5.41, 5.74) is 5.70. The van der Waals surface area contributed by atoms with Crippen LogP contribution in [0.25, 0.3) is 6.08 Å². The third-order valence-electron chi connectivity index (χ3n) is 2.95. The second-order valence-electron chi connectivity index (χ2n) is 4.86. The lowest BCUT2D eigenvalue weighted by atomic mass is 10.2.